The molecule has 2 N–H and O–H groups in total. The number of nitrogens with one attached hydrogen (secondary N) is 1. The average Bonchev–Trinajstić information content (AvgIpc) is 2.77. The molecule has 4 rings (SSSR count). The second-order valence-corrected chi connectivity index (χ2v) is 9.02. The van der Waals surface area contributed by atoms with Gasteiger partial charge >= 0.3 is 0 Å². The molecule has 0 saturated heterocycles. The van der Waals surface area contributed by atoms with Crippen LogP contribution in [0.3, 0.4) is 0 Å². The molecule has 31 heavy (non-hydrogen) atoms. The quantitative estimate of drug-likeness (QED) is 0.480. The lowest BCUT2D eigenvalue weighted by Crippen LogP contribution is -2.29. The minimum absolute atomic E-state index is 0.0106. The highest BCUT2D eigenvalue weighted by Gasteiger charge is 2.32. The van der Waals surface area contributed by atoms with Crippen LogP contribution in [0.5, 0.6) is 5.75 Å². The molecule has 3 unspecified atom stereocenters. The van der Waals surface area contributed by atoms with Crippen molar-refractivity contribution in [1.29, 1.82) is 0 Å². The summed E-state index contributed by atoms with van der Waals surface area (Å²) in [6.07, 6.45) is 6.95. The Bertz CT molecular complexity index is 963. The Hall–Kier alpha value is -2.07. The summed E-state index contributed by atoms with van der Waals surface area (Å²) in [5.74, 6) is 0.839. The van der Waals surface area contributed by atoms with Gasteiger partial charge in [-0.2, -0.15) is 0 Å². The first-order valence-electron chi connectivity index (χ1n) is 11.3. The van der Waals surface area contributed by atoms with Crippen LogP contribution in [-0.2, 0) is 0 Å². The fraction of sp³-hybridized carbons (Fsp3) is 0.407. The number of hydrogen-bond acceptors (Lipinski definition) is 3. The van der Waals surface area contributed by atoms with Crippen LogP contribution in [-0.4, -0.2) is 24.9 Å². The first kappa shape index (κ1) is 22.1. The standard InChI is InChI=1S/C27H32ClNO2/c1-18(19-10-13-21(28)14-11-19)29-17-16-25(23-7-3-4-9-26(23)31-2)27(30)24-8-5-6-20-12-15-22(20)24/h3-4,6-7,9-11,13-14,18,25,27,29-30H,5,8,12,15-17H2,1-2H3. The molecule has 0 spiro atoms. The van der Waals surface area contributed by atoms with E-state index >= 15 is 0 Å². The number of ether oxygens (including phenoxy) is 1. The molecule has 2 aliphatic rings. The fourth-order valence-electron chi connectivity index (χ4n) is 4.89. The van der Waals surface area contributed by atoms with E-state index in [1.165, 1.54) is 22.3 Å². The molecule has 2 aromatic carbocycles. The number of fused-ring (bicyclic) bond motifs is 1. The molecule has 0 aromatic heterocycles. The SMILES string of the molecule is COc1ccccc1C(CCNC(C)c1ccc(Cl)cc1)C(O)C1=C2CCC2=CCC1. The zero-order valence-electron chi connectivity index (χ0n) is 18.4. The maximum atomic E-state index is 11.6. The summed E-state index contributed by atoms with van der Waals surface area (Å²) in [6.45, 7) is 2.96. The molecule has 1 fully saturated rings. The highest BCUT2D eigenvalue weighted by Crippen LogP contribution is 2.44. The summed E-state index contributed by atoms with van der Waals surface area (Å²) in [4.78, 5) is 0. The maximum absolute atomic E-state index is 11.6. The molecule has 0 heterocycles. The Labute approximate surface area is 190 Å². The highest BCUT2D eigenvalue weighted by atomic mass is 35.5. The predicted octanol–water partition coefficient (Wildman–Crippen LogP) is 6.34. The van der Waals surface area contributed by atoms with Crippen molar-refractivity contribution in [2.45, 2.75) is 57.1 Å². The van der Waals surface area contributed by atoms with E-state index in [1.54, 1.807) is 7.11 Å². The van der Waals surface area contributed by atoms with Crippen LogP contribution in [0.15, 0.2) is 71.3 Å². The van der Waals surface area contributed by atoms with E-state index in [9.17, 15) is 5.11 Å². The Morgan fingerprint density at radius 3 is 2.55 bits per heavy atom. The second kappa shape index (κ2) is 10.0. The van der Waals surface area contributed by atoms with E-state index in [-0.39, 0.29) is 12.0 Å². The van der Waals surface area contributed by atoms with Crippen molar-refractivity contribution in [2.75, 3.05) is 13.7 Å². The van der Waals surface area contributed by atoms with Gasteiger partial charge in [-0.15, -0.1) is 0 Å². The van der Waals surface area contributed by atoms with Gasteiger partial charge in [0.05, 0.1) is 13.2 Å². The Kier molecular flexibility index (Phi) is 7.16. The largest absolute Gasteiger partial charge is 0.496 e. The van der Waals surface area contributed by atoms with Gasteiger partial charge in [-0.25, -0.2) is 0 Å². The van der Waals surface area contributed by atoms with Gasteiger partial charge in [0.25, 0.3) is 0 Å². The zero-order valence-corrected chi connectivity index (χ0v) is 19.2. The number of aliphatic hydroxyl groups excluding tert-OH is 1. The van der Waals surface area contributed by atoms with Gasteiger partial charge in [0.15, 0.2) is 0 Å². The molecular formula is C27H32ClNO2. The van der Waals surface area contributed by atoms with Crippen LogP contribution in [0.4, 0.5) is 0 Å². The van der Waals surface area contributed by atoms with Crippen LogP contribution in [0.2, 0.25) is 5.02 Å². The van der Waals surface area contributed by atoms with Gasteiger partial charge in [-0.1, -0.05) is 48.0 Å². The average molecular weight is 438 g/mol. The third-order valence-electron chi connectivity index (χ3n) is 6.78. The topological polar surface area (TPSA) is 41.5 Å². The molecule has 1 saturated carbocycles. The van der Waals surface area contributed by atoms with Crippen LogP contribution < -0.4 is 10.1 Å². The van der Waals surface area contributed by atoms with Crippen molar-refractivity contribution < 1.29 is 9.84 Å². The van der Waals surface area contributed by atoms with Crippen LogP contribution in [0.1, 0.15) is 62.1 Å². The number of para-hydroxylation sites is 1. The summed E-state index contributed by atoms with van der Waals surface area (Å²) >= 11 is 6.03. The first-order valence-corrected chi connectivity index (χ1v) is 11.7. The number of aliphatic hydroxyl groups is 1. The molecule has 164 valence electrons. The van der Waals surface area contributed by atoms with Gasteiger partial charge < -0.3 is 15.2 Å². The van der Waals surface area contributed by atoms with Crippen molar-refractivity contribution in [3.63, 3.8) is 0 Å². The second-order valence-electron chi connectivity index (χ2n) is 8.58. The summed E-state index contributed by atoms with van der Waals surface area (Å²) in [6, 6.07) is 16.3. The zero-order chi connectivity index (χ0) is 21.8. The summed E-state index contributed by atoms with van der Waals surface area (Å²) < 4.78 is 5.66. The number of benzene rings is 2. The molecular weight excluding hydrogens is 406 g/mol. The number of allylic oxidation sites excluding steroid dienone is 3. The number of hydrogen-bond donors (Lipinski definition) is 2. The highest BCUT2D eigenvalue weighted by molar-refractivity contribution is 6.30. The van der Waals surface area contributed by atoms with Gasteiger partial charge in [-0.3, -0.25) is 0 Å². The summed E-state index contributed by atoms with van der Waals surface area (Å²) in [5.41, 5.74) is 6.39. The molecule has 0 bridgehead atoms. The normalized spacial score (nSPS) is 18.5. The van der Waals surface area contributed by atoms with Crippen molar-refractivity contribution in [2.24, 2.45) is 0 Å². The monoisotopic (exact) mass is 437 g/mol. The van der Waals surface area contributed by atoms with E-state index in [0.717, 1.165) is 55.0 Å². The van der Waals surface area contributed by atoms with Crippen LogP contribution in [0.25, 0.3) is 0 Å². The van der Waals surface area contributed by atoms with Gasteiger partial charge in [0.1, 0.15) is 5.75 Å². The maximum Gasteiger partial charge on any atom is 0.122 e. The summed E-state index contributed by atoms with van der Waals surface area (Å²) in [5, 5.41) is 15.9. The lowest BCUT2D eigenvalue weighted by atomic mass is 9.72. The number of halogens is 1. The van der Waals surface area contributed by atoms with E-state index in [1.807, 2.05) is 30.3 Å². The van der Waals surface area contributed by atoms with Crippen LogP contribution in [0, 0.1) is 0 Å². The Morgan fingerprint density at radius 1 is 1.06 bits per heavy atom. The number of methoxy groups -OCH3 is 1. The number of rotatable bonds is 9. The smallest absolute Gasteiger partial charge is 0.122 e. The van der Waals surface area contributed by atoms with E-state index in [4.69, 9.17) is 16.3 Å². The van der Waals surface area contributed by atoms with E-state index in [2.05, 4.69) is 36.5 Å². The molecule has 2 aliphatic carbocycles. The van der Waals surface area contributed by atoms with Crippen molar-refractivity contribution in [3.05, 3.63) is 87.5 Å². The van der Waals surface area contributed by atoms with Crippen LogP contribution >= 0.6 is 11.6 Å². The van der Waals surface area contributed by atoms with Gasteiger partial charge in [0.2, 0.25) is 0 Å². The lowest BCUT2D eigenvalue weighted by molar-refractivity contribution is 0.164. The van der Waals surface area contributed by atoms with Gasteiger partial charge in [-0.05, 0) is 86.1 Å². The predicted molar refractivity (Wildman–Crippen MR) is 128 cm³/mol. The van der Waals surface area contributed by atoms with Crippen molar-refractivity contribution >= 4 is 11.6 Å². The van der Waals surface area contributed by atoms with Gasteiger partial charge in [0, 0.05) is 22.5 Å². The molecule has 0 amide bonds. The third kappa shape index (κ3) is 4.90. The van der Waals surface area contributed by atoms with Crippen molar-refractivity contribution in [1.82, 2.24) is 5.32 Å². The first-order chi connectivity index (χ1) is 15.1. The molecule has 2 aromatic rings. The van der Waals surface area contributed by atoms with Crippen molar-refractivity contribution in [3.8, 4) is 5.75 Å². The fourth-order valence-corrected chi connectivity index (χ4v) is 5.02. The minimum atomic E-state index is -0.483. The molecule has 0 radical (unpaired) electrons. The molecule has 4 heteroatoms. The summed E-state index contributed by atoms with van der Waals surface area (Å²) in [7, 11) is 1.71. The molecule has 3 nitrogen and oxygen atoms in total. The molecule has 3 atom stereocenters. The lowest BCUT2D eigenvalue weighted by Gasteiger charge is -2.35. The van der Waals surface area contributed by atoms with E-state index < -0.39 is 6.10 Å². The molecule has 0 aliphatic heterocycles. The van der Waals surface area contributed by atoms with E-state index in [0.29, 0.717) is 0 Å². The Balaban J connectivity index is 1.52. The Morgan fingerprint density at radius 2 is 1.84 bits per heavy atom. The minimum Gasteiger partial charge on any atom is -0.496 e. The third-order valence-corrected chi connectivity index (χ3v) is 7.03.